The third-order valence-electron chi connectivity index (χ3n) is 5.98. The minimum Gasteiger partial charge on any atom is -0.493 e. The molecule has 7 nitrogen and oxygen atoms in total. The molecule has 1 amide bonds. The van der Waals surface area contributed by atoms with Crippen LogP contribution in [0, 0.1) is 0 Å². The molecule has 0 aliphatic rings. The number of carbonyl (C=O) groups excluding carboxylic acids is 1. The molecular formula is C28H30N2O5S. The number of amides is 1. The summed E-state index contributed by atoms with van der Waals surface area (Å²) >= 11 is 0. The van der Waals surface area contributed by atoms with Crippen molar-refractivity contribution in [1.29, 1.82) is 0 Å². The molecule has 3 aromatic carbocycles. The average molecular weight is 507 g/mol. The fourth-order valence-corrected chi connectivity index (χ4v) is 4.79. The van der Waals surface area contributed by atoms with Gasteiger partial charge in [-0.15, -0.1) is 0 Å². The maximum absolute atomic E-state index is 13.4. The molecular weight excluding hydrogens is 476 g/mol. The van der Waals surface area contributed by atoms with Gasteiger partial charge in [0, 0.05) is 23.4 Å². The molecule has 0 spiro atoms. The molecule has 1 aromatic heterocycles. The lowest BCUT2D eigenvalue weighted by Crippen LogP contribution is -2.39. The van der Waals surface area contributed by atoms with Crippen molar-refractivity contribution < 1.29 is 23.1 Å². The smallest absolute Gasteiger partial charge is 0.255 e. The SMILES string of the molecule is CCCOc1ccc(-c2cccc(S(C)(=O)=O)c2)cc1C(=O)N[C@@H](CO)Cc1c[nH]c2ccccc12. The molecule has 0 radical (unpaired) electrons. The highest BCUT2D eigenvalue weighted by Gasteiger charge is 2.20. The van der Waals surface area contributed by atoms with Gasteiger partial charge in [0.05, 0.1) is 29.7 Å². The molecule has 0 aliphatic carbocycles. The van der Waals surface area contributed by atoms with Crippen molar-refractivity contribution in [2.75, 3.05) is 19.5 Å². The predicted octanol–water partition coefficient (Wildman–Crippen LogP) is 4.36. The van der Waals surface area contributed by atoms with Crippen LogP contribution in [0.25, 0.3) is 22.0 Å². The van der Waals surface area contributed by atoms with Gasteiger partial charge in [-0.3, -0.25) is 4.79 Å². The summed E-state index contributed by atoms with van der Waals surface area (Å²) in [5, 5.41) is 14.0. The quantitative estimate of drug-likeness (QED) is 0.296. The summed E-state index contributed by atoms with van der Waals surface area (Å²) in [6.45, 7) is 2.20. The normalized spacial score (nSPS) is 12.4. The van der Waals surface area contributed by atoms with Gasteiger partial charge in [-0.25, -0.2) is 8.42 Å². The second-order valence-electron chi connectivity index (χ2n) is 8.78. The topological polar surface area (TPSA) is 108 Å². The van der Waals surface area contributed by atoms with Crippen LogP contribution in [0.2, 0.25) is 0 Å². The number of benzene rings is 3. The average Bonchev–Trinajstić information content (AvgIpc) is 3.29. The first-order chi connectivity index (χ1) is 17.3. The van der Waals surface area contributed by atoms with E-state index < -0.39 is 15.9 Å². The molecule has 36 heavy (non-hydrogen) atoms. The van der Waals surface area contributed by atoms with Crippen molar-refractivity contribution >= 4 is 26.6 Å². The van der Waals surface area contributed by atoms with Gasteiger partial charge < -0.3 is 20.1 Å². The standard InChI is InChI=1S/C28H30N2O5S/c1-3-13-35-27-12-11-20(19-7-6-8-23(15-19)36(2,33)34)16-25(27)28(32)30-22(18-31)14-21-17-29-26-10-5-4-9-24(21)26/h4-12,15-17,22,29,31H,3,13-14,18H2,1-2H3,(H,30,32)/t22-/m1/s1. The summed E-state index contributed by atoms with van der Waals surface area (Å²) < 4.78 is 29.9. The largest absolute Gasteiger partial charge is 0.493 e. The fourth-order valence-electron chi connectivity index (χ4n) is 4.12. The molecule has 1 atom stereocenters. The van der Waals surface area contributed by atoms with Crippen LogP contribution >= 0.6 is 0 Å². The Balaban J connectivity index is 1.63. The first kappa shape index (κ1) is 25.5. The highest BCUT2D eigenvalue weighted by atomic mass is 32.2. The Kier molecular flexibility index (Phi) is 7.76. The Morgan fingerprint density at radius 2 is 1.83 bits per heavy atom. The number of hydrogen-bond acceptors (Lipinski definition) is 5. The van der Waals surface area contributed by atoms with Crippen LogP contribution in [0.1, 0.15) is 29.3 Å². The van der Waals surface area contributed by atoms with Crippen LogP contribution in [0.4, 0.5) is 0 Å². The number of nitrogens with one attached hydrogen (secondary N) is 2. The number of hydrogen-bond donors (Lipinski definition) is 3. The predicted molar refractivity (Wildman–Crippen MR) is 141 cm³/mol. The highest BCUT2D eigenvalue weighted by Crippen LogP contribution is 2.29. The van der Waals surface area contributed by atoms with E-state index in [1.165, 1.54) is 0 Å². The number of aromatic nitrogens is 1. The summed E-state index contributed by atoms with van der Waals surface area (Å²) in [6, 6.07) is 19.2. The lowest BCUT2D eigenvalue weighted by molar-refractivity contribution is 0.0912. The molecule has 8 heteroatoms. The second-order valence-corrected chi connectivity index (χ2v) is 10.8. The molecule has 0 fully saturated rings. The number of aliphatic hydroxyl groups is 1. The van der Waals surface area contributed by atoms with Gasteiger partial charge >= 0.3 is 0 Å². The third-order valence-corrected chi connectivity index (χ3v) is 7.09. The van der Waals surface area contributed by atoms with E-state index in [1.807, 2.05) is 37.4 Å². The maximum atomic E-state index is 13.4. The number of carbonyl (C=O) groups is 1. The van der Waals surface area contributed by atoms with Crippen molar-refractivity contribution in [1.82, 2.24) is 10.3 Å². The van der Waals surface area contributed by atoms with E-state index >= 15 is 0 Å². The van der Waals surface area contributed by atoms with Gasteiger partial charge in [0.1, 0.15) is 5.75 Å². The van der Waals surface area contributed by atoms with Crippen LogP contribution < -0.4 is 10.1 Å². The first-order valence-electron chi connectivity index (χ1n) is 11.8. The number of rotatable bonds is 10. The van der Waals surface area contributed by atoms with Gasteiger partial charge in [0.2, 0.25) is 0 Å². The molecule has 0 unspecified atom stereocenters. The maximum Gasteiger partial charge on any atom is 0.255 e. The van der Waals surface area contributed by atoms with Crippen molar-refractivity contribution in [2.45, 2.75) is 30.7 Å². The zero-order valence-corrected chi connectivity index (χ0v) is 21.1. The van der Waals surface area contributed by atoms with Gasteiger partial charge in [0.25, 0.3) is 5.91 Å². The second kappa shape index (κ2) is 11.0. The molecule has 188 valence electrons. The highest BCUT2D eigenvalue weighted by molar-refractivity contribution is 7.90. The number of fused-ring (bicyclic) bond motifs is 1. The van der Waals surface area contributed by atoms with E-state index in [9.17, 15) is 18.3 Å². The lowest BCUT2D eigenvalue weighted by Gasteiger charge is -2.18. The Hall–Kier alpha value is -3.62. The summed E-state index contributed by atoms with van der Waals surface area (Å²) in [6.07, 6.45) is 4.28. The number of para-hydroxylation sites is 1. The minimum absolute atomic E-state index is 0.205. The molecule has 0 aliphatic heterocycles. The Morgan fingerprint density at radius 1 is 1.06 bits per heavy atom. The van der Waals surface area contributed by atoms with E-state index in [0.717, 1.165) is 29.1 Å². The van der Waals surface area contributed by atoms with E-state index in [1.54, 1.807) is 42.5 Å². The van der Waals surface area contributed by atoms with Crippen molar-refractivity contribution in [3.8, 4) is 16.9 Å². The monoisotopic (exact) mass is 506 g/mol. The zero-order chi connectivity index (χ0) is 25.7. The number of aliphatic hydroxyl groups excluding tert-OH is 1. The summed E-state index contributed by atoms with van der Waals surface area (Å²) in [4.78, 5) is 16.8. The minimum atomic E-state index is -3.37. The van der Waals surface area contributed by atoms with E-state index in [0.29, 0.717) is 35.5 Å². The summed E-state index contributed by atoms with van der Waals surface area (Å²) in [7, 11) is -3.37. The first-order valence-corrected chi connectivity index (χ1v) is 13.7. The van der Waals surface area contributed by atoms with Crippen LogP contribution in [-0.4, -0.2) is 49.9 Å². The molecule has 3 N–H and O–H groups in total. The molecule has 1 heterocycles. The molecule has 4 rings (SSSR count). The molecule has 0 bridgehead atoms. The summed E-state index contributed by atoms with van der Waals surface area (Å²) in [5.74, 6) is 0.0577. The number of H-pyrrole nitrogens is 1. The van der Waals surface area contributed by atoms with E-state index in [4.69, 9.17) is 4.74 Å². The number of ether oxygens (including phenoxy) is 1. The molecule has 0 saturated heterocycles. The Labute approximate surface area is 211 Å². The van der Waals surface area contributed by atoms with Crippen LogP contribution in [0.5, 0.6) is 5.75 Å². The fraction of sp³-hybridized carbons (Fsp3) is 0.250. The Bertz CT molecular complexity index is 1480. The number of aromatic amines is 1. The van der Waals surface area contributed by atoms with Gasteiger partial charge in [-0.2, -0.15) is 0 Å². The van der Waals surface area contributed by atoms with Crippen LogP contribution in [0.15, 0.2) is 77.8 Å². The third kappa shape index (κ3) is 5.78. The van der Waals surface area contributed by atoms with Gasteiger partial charge in [0.15, 0.2) is 9.84 Å². The van der Waals surface area contributed by atoms with Crippen LogP contribution in [0.3, 0.4) is 0 Å². The van der Waals surface area contributed by atoms with Gasteiger partial charge in [-0.05, 0) is 59.9 Å². The zero-order valence-electron chi connectivity index (χ0n) is 20.3. The van der Waals surface area contributed by atoms with Crippen molar-refractivity contribution in [3.05, 3.63) is 84.1 Å². The van der Waals surface area contributed by atoms with Crippen molar-refractivity contribution in [2.24, 2.45) is 0 Å². The van der Waals surface area contributed by atoms with Crippen LogP contribution in [-0.2, 0) is 16.3 Å². The van der Waals surface area contributed by atoms with Gasteiger partial charge in [-0.1, -0.05) is 43.3 Å². The van der Waals surface area contributed by atoms with E-state index in [2.05, 4.69) is 10.3 Å². The summed E-state index contributed by atoms with van der Waals surface area (Å²) in [5.41, 5.74) is 3.68. The van der Waals surface area contributed by atoms with E-state index in [-0.39, 0.29) is 17.4 Å². The number of sulfone groups is 1. The molecule has 4 aromatic rings. The Morgan fingerprint density at radius 3 is 2.58 bits per heavy atom. The van der Waals surface area contributed by atoms with Crippen molar-refractivity contribution in [3.63, 3.8) is 0 Å². The molecule has 0 saturated carbocycles. The lowest BCUT2D eigenvalue weighted by atomic mass is 10.0.